The van der Waals surface area contributed by atoms with Crippen molar-refractivity contribution in [2.45, 2.75) is 44.9 Å². The van der Waals surface area contributed by atoms with E-state index in [0.29, 0.717) is 0 Å². The average molecular weight is 285 g/mol. The van der Waals surface area contributed by atoms with Gasteiger partial charge in [-0.15, -0.1) is 11.3 Å². The van der Waals surface area contributed by atoms with E-state index in [1.54, 1.807) is 23.7 Å². The molecule has 0 bridgehead atoms. The molecule has 2 aromatic heterocycles. The largest absolute Gasteiger partial charge is 0.293 e. The van der Waals surface area contributed by atoms with Crippen molar-refractivity contribution >= 4 is 17.1 Å². The van der Waals surface area contributed by atoms with Crippen LogP contribution in [-0.2, 0) is 12.8 Å². The molecule has 1 unspecified atom stereocenters. The van der Waals surface area contributed by atoms with Gasteiger partial charge in [-0.2, -0.15) is 0 Å². The molecule has 0 spiro atoms. The Bertz CT molecular complexity index is 579. The zero-order valence-electron chi connectivity index (χ0n) is 11.8. The molecule has 1 aliphatic rings. The summed E-state index contributed by atoms with van der Waals surface area (Å²) >= 11 is 1.71. The van der Waals surface area contributed by atoms with Crippen LogP contribution in [0.4, 0.5) is 0 Å². The molecule has 0 aromatic carbocycles. The lowest BCUT2D eigenvalue weighted by atomic mass is 9.96. The Morgan fingerprint density at radius 2 is 1.95 bits per heavy atom. The van der Waals surface area contributed by atoms with Crippen LogP contribution in [0.15, 0.2) is 30.6 Å². The number of ketones is 1. The number of carbonyl (C=O) groups excluding carboxylic acids is 1. The number of pyridine rings is 1. The average Bonchev–Trinajstić information content (AvgIpc) is 2.77. The van der Waals surface area contributed by atoms with Crippen molar-refractivity contribution in [3.05, 3.63) is 51.5 Å². The molecule has 1 aliphatic carbocycles. The first-order valence-corrected chi connectivity index (χ1v) is 8.13. The summed E-state index contributed by atoms with van der Waals surface area (Å²) in [5, 5.41) is 0. The van der Waals surface area contributed by atoms with Crippen molar-refractivity contribution in [1.29, 1.82) is 0 Å². The van der Waals surface area contributed by atoms with Gasteiger partial charge >= 0.3 is 0 Å². The van der Waals surface area contributed by atoms with Gasteiger partial charge in [0.2, 0.25) is 0 Å². The van der Waals surface area contributed by atoms with Crippen LogP contribution in [0.3, 0.4) is 0 Å². The topological polar surface area (TPSA) is 30.0 Å². The fourth-order valence-corrected chi connectivity index (χ4v) is 4.09. The Hall–Kier alpha value is -1.48. The van der Waals surface area contributed by atoms with Crippen LogP contribution in [-0.4, -0.2) is 10.8 Å². The van der Waals surface area contributed by atoms with E-state index in [2.05, 4.69) is 11.1 Å². The Morgan fingerprint density at radius 1 is 1.20 bits per heavy atom. The van der Waals surface area contributed by atoms with Gasteiger partial charge in [-0.1, -0.05) is 13.3 Å². The van der Waals surface area contributed by atoms with Crippen LogP contribution in [0.2, 0.25) is 0 Å². The Balaban J connectivity index is 1.84. The van der Waals surface area contributed by atoms with Crippen LogP contribution < -0.4 is 0 Å². The molecule has 0 saturated carbocycles. The second-order valence-corrected chi connectivity index (χ2v) is 6.62. The first kappa shape index (κ1) is 13.5. The van der Waals surface area contributed by atoms with Crippen LogP contribution in [0.5, 0.6) is 0 Å². The maximum Gasteiger partial charge on any atom is 0.179 e. The first-order chi connectivity index (χ1) is 9.75. The molecule has 3 rings (SSSR count). The number of aromatic nitrogens is 1. The maximum absolute atomic E-state index is 12.6. The molecular weight excluding hydrogens is 266 g/mol. The molecule has 1 atom stereocenters. The van der Waals surface area contributed by atoms with Gasteiger partial charge in [0, 0.05) is 23.2 Å². The fourth-order valence-electron chi connectivity index (χ4n) is 2.81. The van der Waals surface area contributed by atoms with Gasteiger partial charge in [0.15, 0.2) is 5.78 Å². The SMILES string of the molecule is CC(C(=O)c1cc2c(s1)CCCCC2)c1ccncc1. The van der Waals surface area contributed by atoms with E-state index in [4.69, 9.17) is 0 Å². The molecule has 2 nitrogen and oxygen atoms in total. The minimum Gasteiger partial charge on any atom is -0.293 e. The monoisotopic (exact) mass is 285 g/mol. The number of rotatable bonds is 3. The van der Waals surface area contributed by atoms with E-state index in [1.165, 1.54) is 29.7 Å². The zero-order chi connectivity index (χ0) is 13.9. The number of carbonyl (C=O) groups is 1. The van der Waals surface area contributed by atoms with E-state index >= 15 is 0 Å². The first-order valence-electron chi connectivity index (χ1n) is 7.31. The highest BCUT2D eigenvalue weighted by molar-refractivity contribution is 7.14. The standard InChI is InChI=1S/C17H19NOS/c1-12(13-7-9-18-10-8-13)17(19)16-11-14-5-3-2-4-6-15(14)20-16/h7-12H,2-6H2,1H3. The van der Waals surface area contributed by atoms with Gasteiger partial charge in [0.25, 0.3) is 0 Å². The molecule has 0 aliphatic heterocycles. The van der Waals surface area contributed by atoms with Gasteiger partial charge in [0.05, 0.1) is 4.88 Å². The van der Waals surface area contributed by atoms with E-state index in [0.717, 1.165) is 23.3 Å². The smallest absolute Gasteiger partial charge is 0.179 e. The van der Waals surface area contributed by atoms with Crippen molar-refractivity contribution in [3.8, 4) is 0 Å². The van der Waals surface area contributed by atoms with Crippen molar-refractivity contribution < 1.29 is 4.79 Å². The summed E-state index contributed by atoms with van der Waals surface area (Å²) in [5.74, 6) is 0.162. The molecule has 0 N–H and O–H groups in total. The summed E-state index contributed by atoms with van der Waals surface area (Å²) in [5.41, 5.74) is 2.46. The highest BCUT2D eigenvalue weighted by Gasteiger charge is 2.21. The van der Waals surface area contributed by atoms with Crippen LogP contribution in [0.1, 0.15) is 57.8 Å². The minimum atomic E-state index is -0.0831. The van der Waals surface area contributed by atoms with Crippen molar-refractivity contribution in [1.82, 2.24) is 4.98 Å². The Kier molecular flexibility index (Phi) is 3.97. The van der Waals surface area contributed by atoms with Crippen LogP contribution >= 0.6 is 11.3 Å². The molecule has 0 radical (unpaired) electrons. The van der Waals surface area contributed by atoms with E-state index in [-0.39, 0.29) is 11.7 Å². The van der Waals surface area contributed by atoms with Gasteiger partial charge in [-0.25, -0.2) is 0 Å². The second kappa shape index (κ2) is 5.88. The normalized spacial score (nSPS) is 16.2. The highest BCUT2D eigenvalue weighted by atomic mass is 32.1. The fraction of sp³-hybridized carbons (Fsp3) is 0.412. The highest BCUT2D eigenvalue weighted by Crippen LogP contribution is 2.32. The molecule has 20 heavy (non-hydrogen) atoms. The summed E-state index contributed by atoms with van der Waals surface area (Å²) in [6, 6.07) is 6.01. The predicted molar refractivity (Wildman–Crippen MR) is 82.6 cm³/mol. The number of fused-ring (bicyclic) bond motifs is 1. The lowest BCUT2D eigenvalue weighted by Crippen LogP contribution is -2.08. The molecule has 3 heteroatoms. The summed E-state index contributed by atoms with van der Waals surface area (Å²) in [4.78, 5) is 19.0. The van der Waals surface area contributed by atoms with Gasteiger partial charge in [0.1, 0.15) is 0 Å². The maximum atomic E-state index is 12.6. The summed E-state index contributed by atoms with van der Waals surface area (Å²) < 4.78 is 0. The number of aryl methyl sites for hydroxylation is 2. The van der Waals surface area contributed by atoms with E-state index < -0.39 is 0 Å². The van der Waals surface area contributed by atoms with Gasteiger partial charge in [-0.3, -0.25) is 9.78 Å². The third kappa shape index (κ3) is 2.68. The molecule has 2 heterocycles. The van der Waals surface area contributed by atoms with E-state index in [9.17, 15) is 4.79 Å². The van der Waals surface area contributed by atoms with Crippen molar-refractivity contribution in [3.63, 3.8) is 0 Å². The van der Waals surface area contributed by atoms with Gasteiger partial charge in [-0.05, 0) is 55.0 Å². The second-order valence-electron chi connectivity index (χ2n) is 5.49. The molecule has 0 amide bonds. The lowest BCUT2D eigenvalue weighted by Gasteiger charge is -2.08. The summed E-state index contributed by atoms with van der Waals surface area (Å²) in [7, 11) is 0. The third-order valence-corrected chi connectivity index (χ3v) is 5.34. The summed E-state index contributed by atoms with van der Waals surface area (Å²) in [6.45, 7) is 1.99. The molecule has 0 fully saturated rings. The molecule has 104 valence electrons. The van der Waals surface area contributed by atoms with Crippen LogP contribution in [0, 0.1) is 0 Å². The third-order valence-electron chi connectivity index (χ3n) is 4.09. The summed E-state index contributed by atoms with van der Waals surface area (Å²) in [6.07, 6.45) is 9.64. The van der Waals surface area contributed by atoms with Crippen molar-refractivity contribution in [2.75, 3.05) is 0 Å². The van der Waals surface area contributed by atoms with Gasteiger partial charge < -0.3 is 0 Å². The quantitative estimate of drug-likeness (QED) is 0.618. The Morgan fingerprint density at radius 3 is 2.75 bits per heavy atom. The Labute approximate surface area is 123 Å². The number of hydrogen-bond acceptors (Lipinski definition) is 3. The number of hydrogen-bond donors (Lipinski definition) is 0. The van der Waals surface area contributed by atoms with E-state index in [1.807, 2.05) is 19.1 Å². The predicted octanol–water partition coefficient (Wildman–Crippen LogP) is 4.40. The minimum absolute atomic E-state index is 0.0831. The molecule has 2 aromatic rings. The number of nitrogens with zero attached hydrogens (tertiary/aromatic N) is 1. The van der Waals surface area contributed by atoms with Crippen LogP contribution in [0.25, 0.3) is 0 Å². The molecular formula is C17H19NOS. The number of Topliss-reactive ketones (excluding diaryl/α,β-unsaturated/α-hetero) is 1. The van der Waals surface area contributed by atoms with Crippen molar-refractivity contribution in [2.24, 2.45) is 0 Å². The molecule has 0 saturated heterocycles. The number of thiophene rings is 1. The lowest BCUT2D eigenvalue weighted by molar-refractivity contribution is 0.0970. The zero-order valence-corrected chi connectivity index (χ0v) is 12.6.